The lowest BCUT2D eigenvalue weighted by molar-refractivity contribution is 0.101. The Morgan fingerprint density at radius 1 is 1.24 bits per heavy atom. The maximum atomic E-state index is 12.3. The van der Waals surface area contributed by atoms with Crippen LogP contribution in [0.25, 0.3) is 11.3 Å². The van der Waals surface area contributed by atoms with Gasteiger partial charge in [-0.1, -0.05) is 23.7 Å². The Balaban J connectivity index is 1.45. The molecule has 0 aliphatic carbocycles. The SMILES string of the molecule is O=C(Nc1n[nH]c([C@H]2CCCO2)n1)c1cc(-c2ccc(Cl)cc2)n[nH]1. The number of aromatic nitrogens is 5. The maximum absolute atomic E-state index is 12.3. The molecular weight excluding hydrogens is 344 g/mol. The van der Waals surface area contributed by atoms with E-state index in [1.54, 1.807) is 18.2 Å². The second-order valence-electron chi connectivity index (χ2n) is 5.67. The fraction of sp³-hybridized carbons (Fsp3) is 0.250. The van der Waals surface area contributed by atoms with Gasteiger partial charge in [0.15, 0.2) is 5.82 Å². The van der Waals surface area contributed by atoms with Crippen molar-refractivity contribution in [2.45, 2.75) is 18.9 Å². The van der Waals surface area contributed by atoms with Gasteiger partial charge in [-0.05, 0) is 31.0 Å². The van der Waals surface area contributed by atoms with E-state index in [0.29, 0.717) is 28.8 Å². The van der Waals surface area contributed by atoms with Crippen LogP contribution < -0.4 is 5.32 Å². The molecule has 0 spiro atoms. The van der Waals surface area contributed by atoms with E-state index < -0.39 is 0 Å². The predicted octanol–water partition coefficient (Wildman–Crippen LogP) is 2.95. The van der Waals surface area contributed by atoms with E-state index in [4.69, 9.17) is 16.3 Å². The highest BCUT2D eigenvalue weighted by atomic mass is 35.5. The largest absolute Gasteiger partial charge is 0.370 e. The molecule has 1 atom stereocenters. The first-order chi connectivity index (χ1) is 12.2. The van der Waals surface area contributed by atoms with Gasteiger partial charge >= 0.3 is 0 Å². The number of ether oxygens (including phenoxy) is 1. The van der Waals surface area contributed by atoms with Gasteiger partial charge in [-0.15, -0.1) is 5.10 Å². The Morgan fingerprint density at radius 2 is 2.08 bits per heavy atom. The first-order valence-electron chi connectivity index (χ1n) is 7.85. The number of hydrogen-bond acceptors (Lipinski definition) is 5. The number of carbonyl (C=O) groups is 1. The summed E-state index contributed by atoms with van der Waals surface area (Å²) < 4.78 is 5.53. The molecule has 3 heterocycles. The number of rotatable bonds is 4. The number of nitrogens with zero attached hydrogens (tertiary/aromatic N) is 3. The average molecular weight is 359 g/mol. The van der Waals surface area contributed by atoms with Gasteiger partial charge < -0.3 is 4.74 Å². The van der Waals surface area contributed by atoms with Crippen LogP contribution in [-0.2, 0) is 4.74 Å². The summed E-state index contributed by atoms with van der Waals surface area (Å²) in [6.45, 7) is 0.717. The van der Waals surface area contributed by atoms with Crippen molar-refractivity contribution in [2.75, 3.05) is 11.9 Å². The van der Waals surface area contributed by atoms with Crippen molar-refractivity contribution in [3.05, 3.63) is 46.9 Å². The molecule has 0 unspecified atom stereocenters. The van der Waals surface area contributed by atoms with E-state index in [1.165, 1.54) is 0 Å². The summed E-state index contributed by atoms with van der Waals surface area (Å²) in [7, 11) is 0. The van der Waals surface area contributed by atoms with E-state index in [1.807, 2.05) is 12.1 Å². The number of amides is 1. The number of anilines is 1. The van der Waals surface area contributed by atoms with Crippen molar-refractivity contribution in [3.8, 4) is 11.3 Å². The van der Waals surface area contributed by atoms with Crippen LogP contribution in [-0.4, -0.2) is 37.9 Å². The van der Waals surface area contributed by atoms with Gasteiger partial charge in [0.2, 0.25) is 5.95 Å². The highest BCUT2D eigenvalue weighted by Crippen LogP contribution is 2.26. The number of H-pyrrole nitrogens is 2. The number of benzene rings is 1. The number of halogens is 1. The van der Waals surface area contributed by atoms with Crippen molar-refractivity contribution in [1.29, 1.82) is 0 Å². The molecule has 128 valence electrons. The summed E-state index contributed by atoms with van der Waals surface area (Å²) >= 11 is 5.88. The zero-order chi connectivity index (χ0) is 17.2. The van der Waals surface area contributed by atoms with Gasteiger partial charge in [0.1, 0.15) is 11.8 Å². The van der Waals surface area contributed by atoms with Crippen molar-refractivity contribution >= 4 is 23.5 Å². The van der Waals surface area contributed by atoms with Gasteiger partial charge in [-0.25, -0.2) is 0 Å². The lowest BCUT2D eigenvalue weighted by Crippen LogP contribution is -2.13. The first kappa shape index (κ1) is 15.8. The smallest absolute Gasteiger partial charge is 0.276 e. The molecule has 1 aliphatic rings. The first-order valence-corrected chi connectivity index (χ1v) is 8.23. The zero-order valence-corrected chi connectivity index (χ0v) is 13.9. The molecule has 9 heteroatoms. The second kappa shape index (κ2) is 6.66. The lowest BCUT2D eigenvalue weighted by Gasteiger charge is -2.02. The molecule has 3 aromatic rings. The summed E-state index contributed by atoms with van der Waals surface area (Å²) in [6, 6.07) is 8.87. The monoisotopic (exact) mass is 358 g/mol. The summed E-state index contributed by atoms with van der Waals surface area (Å²) in [5, 5.41) is 16.9. The van der Waals surface area contributed by atoms with Crippen LogP contribution in [0.1, 0.15) is 35.3 Å². The molecule has 0 radical (unpaired) electrons. The quantitative estimate of drug-likeness (QED) is 0.664. The molecule has 8 nitrogen and oxygen atoms in total. The highest BCUT2D eigenvalue weighted by molar-refractivity contribution is 6.30. The Bertz CT molecular complexity index is 882. The second-order valence-corrected chi connectivity index (χ2v) is 6.11. The highest BCUT2D eigenvalue weighted by Gasteiger charge is 2.22. The van der Waals surface area contributed by atoms with Crippen molar-refractivity contribution < 1.29 is 9.53 Å². The van der Waals surface area contributed by atoms with Crippen LogP contribution >= 0.6 is 11.6 Å². The molecule has 1 aliphatic heterocycles. The maximum Gasteiger partial charge on any atom is 0.276 e. The van der Waals surface area contributed by atoms with Crippen LogP contribution in [0.3, 0.4) is 0 Å². The number of nitrogens with one attached hydrogen (secondary N) is 3. The van der Waals surface area contributed by atoms with Gasteiger partial charge in [0.05, 0.1) is 5.69 Å². The van der Waals surface area contributed by atoms with Gasteiger partial charge in [-0.2, -0.15) is 10.1 Å². The van der Waals surface area contributed by atoms with Crippen molar-refractivity contribution in [2.24, 2.45) is 0 Å². The molecule has 4 rings (SSSR count). The summed E-state index contributed by atoms with van der Waals surface area (Å²) in [5.74, 6) is 0.461. The molecule has 1 saturated heterocycles. The van der Waals surface area contributed by atoms with Gasteiger partial charge in [-0.3, -0.25) is 20.3 Å². The van der Waals surface area contributed by atoms with E-state index in [0.717, 1.165) is 18.4 Å². The van der Waals surface area contributed by atoms with Gasteiger partial charge in [0, 0.05) is 17.2 Å². The standard InChI is InChI=1S/C16H15ClN6O2/c17-10-5-3-9(4-6-10)11-8-12(21-20-11)15(24)19-16-18-14(22-23-16)13-2-1-7-25-13/h3-6,8,13H,1-2,7H2,(H,20,21)(H2,18,19,22,23,24)/t13-/m1/s1. The molecule has 0 bridgehead atoms. The van der Waals surface area contributed by atoms with Crippen LogP contribution in [0, 0.1) is 0 Å². The molecular formula is C16H15ClN6O2. The molecule has 0 saturated carbocycles. The lowest BCUT2D eigenvalue weighted by atomic mass is 10.1. The van der Waals surface area contributed by atoms with E-state index in [9.17, 15) is 4.79 Å². The minimum absolute atomic E-state index is 0.0817. The minimum Gasteiger partial charge on any atom is -0.370 e. The molecule has 2 aromatic heterocycles. The summed E-state index contributed by atoms with van der Waals surface area (Å²) in [4.78, 5) is 16.6. The molecule has 25 heavy (non-hydrogen) atoms. The Labute approximate surface area is 148 Å². The van der Waals surface area contributed by atoms with Crippen LogP contribution in [0.4, 0.5) is 5.95 Å². The summed E-state index contributed by atoms with van der Waals surface area (Å²) in [6.07, 6.45) is 1.81. The topological polar surface area (TPSA) is 109 Å². The minimum atomic E-state index is -0.370. The fourth-order valence-electron chi connectivity index (χ4n) is 2.64. The van der Waals surface area contributed by atoms with Crippen molar-refractivity contribution in [3.63, 3.8) is 0 Å². The Kier molecular flexibility index (Phi) is 4.21. The van der Waals surface area contributed by atoms with Gasteiger partial charge in [0.25, 0.3) is 5.91 Å². The van der Waals surface area contributed by atoms with Crippen LogP contribution in [0.2, 0.25) is 5.02 Å². The normalized spacial score (nSPS) is 16.9. The average Bonchev–Trinajstić information content (AvgIpc) is 3.36. The summed E-state index contributed by atoms with van der Waals surface area (Å²) in [5.41, 5.74) is 1.82. The van der Waals surface area contributed by atoms with E-state index in [-0.39, 0.29) is 18.0 Å². The molecule has 1 fully saturated rings. The Hall–Kier alpha value is -2.71. The Morgan fingerprint density at radius 3 is 2.84 bits per heavy atom. The molecule has 3 N–H and O–H groups in total. The zero-order valence-electron chi connectivity index (χ0n) is 13.1. The predicted molar refractivity (Wildman–Crippen MR) is 91.3 cm³/mol. The number of carbonyl (C=O) groups excluding carboxylic acids is 1. The van der Waals surface area contributed by atoms with Crippen molar-refractivity contribution in [1.82, 2.24) is 25.4 Å². The third-order valence-corrected chi connectivity index (χ3v) is 4.18. The molecule has 1 amide bonds. The van der Waals surface area contributed by atoms with E-state index >= 15 is 0 Å². The van der Waals surface area contributed by atoms with E-state index in [2.05, 4.69) is 30.7 Å². The van der Waals surface area contributed by atoms with Crippen LogP contribution in [0.15, 0.2) is 30.3 Å². The number of aromatic amines is 2. The number of hydrogen-bond donors (Lipinski definition) is 3. The third-order valence-electron chi connectivity index (χ3n) is 3.93. The fourth-order valence-corrected chi connectivity index (χ4v) is 2.77. The third kappa shape index (κ3) is 3.40. The van der Waals surface area contributed by atoms with Crippen LogP contribution in [0.5, 0.6) is 0 Å². The molecule has 1 aromatic carbocycles.